The van der Waals surface area contributed by atoms with Crippen LogP contribution in [0.1, 0.15) is 16.1 Å². The highest BCUT2D eigenvalue weighted by Gasteiger charge is 2.16. The van der Waals surface area contributed by atoms with Gasteiger partial charge in [0.1, 0.15) is 0 Å². The normalized spacial score (nSPS) is 11.7. The van der Waals surface area contributed by atoms with Gasteiger partial charge in [0, 0.05) is 11.4 Å². The molecule has 1 aromatic carbocycles. The van der Waals surface area contributed by atoms with Crippen LogP contribution in [0.3, 0.4) is 0 Å². The second-order valence-corrected chi connectivity index (χ2v) is 6.63. The molecule has 4 nitrogen and oxygen atoms in total. The second kappa shape index (κ2) is 5.17. The van der Waals surface area contributed by atoms with E-state index in [0.717, 1.165) is 16.1 Å². The molecule has 2 aromatic rings. The molecule has 96 valence electrons. The molecule has 0 radical (unpaired) electrons. The summed E-state index contributed by atoms with van der Waals surface area (Å²) in [5.41, 5.74) is 3.32. The summed E-state index contributed by atoms with van der Waals surface area (Å²) in [6.07, 6.45) is 0. The van der Waals surface area contributed by atoms with Gasteiger partial charge in [-0.3, -0.25) is 0 Å². The van der Waals surface area contributed by atoms with Crippen molar-refractivity contribution < 1.29 is 8.42 Å². The van der Waals surface area contributed by atoms with Crippen molar-refractivity contribution in [2.24, 2.45) is 0 Å². The van der Waals surface area contributed by atoms with Gasteiger partial charge in [-0.15, -0.1) is 11.3 Å². The van der Waals surface area contributed by atoms with Gasteiger partial charge in [0.15, 0.2) is 0 Å². The molecule has 1 heterocycles. The first kappa shape index (κ1) is 13.2. The van der Waals surface area contributed by atoms with Crippen molar-refractivity contribution in [1.29, 1.82) is 0 Å². The molecule has 0 aliphatic carbocycles. The maximum absolute atomic E-state index is 12.1. The fourth-order valence-corrected chi connectivity index (χ4v) is 3.64. The summed E-state index contributed by atoms with van der Waals surface area (Å²) in [6, 6.07) is 6.94. The highest BCUT2D eigenvalue weighted by molar-refractivity contribution is 7.89. The van der Waals surface area contributed by atoms with E-state index >= 15 is 0 Å². The first-order chi connectivity index (χ1) is 8.50. The Morgan fingerprint density at radius 1 is 1.28 bits per heavy atom. The minimum atomic E-state index is -3.45. The number of hydrogen-bond acceptors (Lipinski definition) is 4. The SMILES string of the molecule is Cc1ccccc1S(=O)(=O)NCc1scnc1C. The molecule has 0 saturated heterocycles. The minimum Gasteiger partial charge on any atom is -0.250 e. The Bertz CT molecular complexity index is 648. The largest absolute Gasteiger partial charge is 0.250 e. The lowest BCUT2D eigenvalue weighted by Gasteiger charge is -2.08. The molecule has 2 rings (SSSR count). The summed E-state index contributed by atoms with van der Waals surface area (Å²) in [5, 5.41) is 0. The average molecular weight is 282 g/mol. The van der Waals surface area contributed by atoms with E-state index < -0.39 is 10.0 Å². The van der Waals surface area contributed by atoms with Crippen molar-refractivity contribution in [3.05, 3.63) is 45.9 Å². The van der Waals surface area contributed by atoms with Crippen LogP contribution < -0.4 is 4.72 Å². The van der Waals surface area contributed by atoms with Crippen LogP contribution in [-0.4, -0.2) is 13.4 Å². The Morgan fingerprint density at radius 2 is 2.00 bits per heavy atom. The molecule has 0 spiro atoms. The van der Waals surface area contributed by atoms with Gasteiger partial charge in [-0.05, 0) is 25.5 Å². The lowest BCUT2D eigenvalue weighted by Crippen LogP contribution is -2.23. The van der Waals surface area contributed by atoms with Gasteiger partial charge in [-0.2, -0.15) is 0 Å². The predicted molar refractivity (Wildman–Crippen MR) is 72.1 cm³/mol. The number of sulfonamides is 1. The van der Waals surface area contributed by atoms with Gasteiger partial charge >= 0.3 is 0 Å². The maximum Gasteiger partial charge on any atom is 0.241 e. The van der Waals surface area contributed by atoms with Gasteiger partial charge in [-0.25, -0.2) is 18.1 Å². The maximum atomic E-state index is 12.1. The van der Waals surface area contributed by atoms with Gasteiger partial charge in [-0.1, -0.05) is 18.2 Å². The van der Waals surface area contributed by atoms with Crippen LogP contribution >= 0.6 is 11.3 Å². The topological polar surface area (TPSA) is 59.1 Å². The monoisotopic (exact) mass is 282 g/mol. The van der Waals surface area contributed by atoms with Crippen LogP contribution in [0.4, 0.5) is 0 Å². The molecule has 0 unspecified atom stereocenters. The van der Waals surface area contributed by atoms with E-state index in [-0.39, 0.29) is 6.54 Å². The number of nitrogens with zero attached hydrogens (tertiary/aromatic N) is 1. The van der Waals surface area contributed by atoms with Gasteiger partial charge in [0.2, 0.25) is 10.0 Å². The van der Waals surface area contributed by atoms with E-state index in [0.29, 0.717) is 4.90 Å². The van der Waals surface area contributed by atoms with E-state index in [9.17, 15) is 8.42 Å². The number of benzene rings is 1. The molecule has 0 atom stereocenters. The summed E-state index contributed by atoms with van der Waals surface area (Å²) in [4.78, 5) is 5.35. The molecule has 0 fully saturated rings. The Morgan fingerprint density at radius 3 is 2.61 bits per heavy atom. The molecule has 0 amide bonds. The fourth-order valence-electron chi connectivity index (χ4n) is 1.59. The lowest BCUT2D eigenvalue weighted by atomic mass is 10.2. The Labute approximate surface area is 111 Å². The second-order valence-electron chi connectivity index (χ2n) is 3.95. The molecule has 1 aromatic heterocycles. The number of rotatable bonds is 4. The van der Waals surface area contributed by atoms with E-state index in [1.165, 1.54) is 11.3 Å². The molecule has 1 N–H and O–H groups in total. The van der Waals surface area contributed by atoms with Gasteiger partial charge in [0.05, 0.1) is 16.1 Å². The van der Waals surface area contributed by atoms with Crippen molar-refractivity contribution in [3.63, 3.8) is 0 Å². The van der Waals surface area contributed by atoms with Crippen LogP contribution in [0.5, 0.6) is 0 Å². The van der Waals surface area contributed by atoms with Crippen molar-refractivity contribution >= 4 is 21.4 Å². The van der Waals surface area contributed by atoms with Crippen molar-refractivity contribution in [3.8, 4) is 0 Å². The average Bonchev–Trinajstić information content (AvgIpc) is 2.73. The fraction of sp³-hybridized carbons (Fsp3) is 0.250. The van der Waals surface area contributed by atoms with Crippen LogP contribution in [0.15, 0.2) is 34.7 Å². The lowest BCUT2D eigenvalue weighted by molar-refractivity contribution is 0.581. The highest BCUT2D eigenvalue weighted by Crippen LogP contribution is 2.16. The highest BCUT2D eigenvalue weighted by atomic mass is 32.2. The molecule has 6 heteroatoms. The van der Waals surface area contributed by atoms with E-state index in [1.54, 1.807) is 30.6 Å². The van der Waals surface area contributed by atoms with Crippen molar-refractivity contribution in [2.45, 2.75) is 25.3 Å². The zero-order chi connectivity index (χ0) is 13.2. The molecule has 18 heavy (non-hydrogen) atoms. The van der Waals surface area contributed by atoms with Crippen LogP contribution in [0.25, 0.3) is 0 Å². The number of hydrogen-bond donors (Lipinski definition) is 1. The van der Waals surface area contributed by atoms with Crippen LogP contribution in [0.2, 0.25) is 0 Å². The number of aryl methyl sites for hydroxylation is 2. The molecule has 0 aliphatic heterocycles. The third kappa shape index (κ3) is 2.77. The van der Waals surface area contributed by atoms with Crippen molar-refractivity contribution in [1.82, 2.24) is 9.71 Å². The minimum absolute atomic E-state index is 0.285. The molecule has 0 saturated carbocycles. The smallest absolute Gasteiger partial charge is 0.241 e. The first-order valence-corrected chi connectivity index (χ1v) is 7.81. The first-order valence-electron chi connectivity index (χ1n) is 5.45. The Kier molecular flexibility index (Phi) is 3.79. The van der Waals surface area contributed by atoms with Crippen LogP contribution in [0, 0.1) is 13.8 Å². The van der Waals surface area contributed by atoms with Gasteiger partial charge in [0.25, 0.3) is 0 Å². The predicted octanol–water partition coefficient (Wildman–Crippen LogP) is 2.24. The zero-order valence-corrected chi connectivity index (χ0v) is 11.8. The van der Waals surface area contributed by atoms with E-state index in [1.807, 2.05) is 13.0 Å². The summed E-state index contributed by atoms with van der Waals surface area (Å²) in [7, 11) is -3.45. The molecular formula is C12H14N2O2S2. The third-order valence-electron chi connectivity index (χ3n) is 2.65. The van der Waals surface area contributed by atoms with E-state index in [2.05, 4.69) is 9.71 Å². The Hall–Kier alpha value is -1.24. The summed E-state index contributed by atoms with van der Waals surface area (Å²) in [6.45, 7) is 3.94. The molecular weight excluding hydrogens is 268 g/mol. The number of thiazole rings is 1. The summed E-state index contributed by atoms with van der Waals surface area (Å²) in [5.74, 6) is 0. The standard InChI is InChI=1S/C12H14N2O2S2/c1-9-5-3-4-6-12(9)18(15,16)14-7-11-10(2)13-8-17-11/h3-6,8,14H,7H2,1-2H3. The van der Waals surface area contributed by atoms with E-state index in [4.69, 9.17) is 0 Å². The Balaban J connectivity index is 2.19. The van der Waals surface area contributed by atoms with Gasteiger partial charge < -0.3 is 0 Å². The number of aromatic nitrogens is 1. The third-order valence-corrected chi connectivity index (χ3v) is 5.15. The number of nitrogens with one attached hydrogen (secondary N) is 1. The van der Waals surface area contributed by atoms with Crippen molar-refractivity contribution in [2.75, 3.05) is 0 Å². The summed E-state index contributed by atoms with van der Waals surface area (Å²) < 4.78 is 26.9. The summed E-state index contributed by atoms with van der Waals surface area (Å²) >= 11 is 1.45. The molecule has 0 aliphatic rings. The zero-order valence-electron chi connectivity index (χ0n) is 10.2. The molecule has 0 bridgehead atoms. The quantitative estimate of drug-likeness (QED) is 0.935. The van der Waals surface area contributed by atoms with Crippen LogP contribution in [-0.2, 0) is 16.6 Å².